The highest BCUT2D eigenvalue weighted by Gasteiger charge is 1.68. The molecular weight excluding hydrogens is 123 g/mol. The van der Waals surface area contributed by atoms with Crippen molar-refractivity contribution in [3.63, 3.8) is 0 Å². The molecule has 10 heavy (non-hydrogen) atoms. The Kier molecular flexibility index (Phi) is 2.39. The Morgan fingerprint density at radius 3 is 3.20 bits per heavy atom. The Labute approximate surface area is 60.4 Å². The summed E-state index contributed by atoms with van der Waals surface area (Å²) in [6.07, 6.45) is 3.54. The van der Waals surface area contributed by atoms with Crippen molar-refractivity contribution >= 4 is 7.41 Å². The molecule has 2 radical (unpaired) electrons. The van der Waals surface area contributed by atoms with Gasteiger partial charge in [-0.15, -0.1) is 13.1 Å². The highest BCUT2D eigenvalue weighted by atomic mass is 15.2. The van der Waals surface area contributed by atoms with Crippen LogP contribution in [-0.4, -0.2) is 17.1 Å². The molecule has 0 saturated carbocycles. The molecule has 0 aliphatic carbocycles. The van der Waals surface area contributed by atoms with E-state index in [4.69, 9.17) is 0 Å². The van der Waals surface area contributed by atoms with Crippen molar-refractivity contribution in [1.82, 2.24) is 9.69 Å². The van der Waals surface area contributed by atoms with Crippen molar-refractivity contribution in [3.05, 3.63) is 42.5 Å². The summed E-state index contributed by atoms with van der Waals surface area (Å²) in [5.74, 6) is 1.69. The molecule has 3 heteroatoms. The predicted molar refractivity (Wildman–Crippen MR) is 40.6 cm³/mol. The van der Waals surface area contributed by atoms with Crippen molar-refractivity contribution in [2.24, 2.45) is 0 Å². The standard InChI is InChI=1S/C7H6BN2/c1-2-3-5-8-10-7-4-6-9-10/h4-7H,1H2/q-1. The second kappa shape index (κ2) is 3.57. The molecular formula is C7H6BN2-. The quantitative estimate of drug-likeness (QED) is 0.426. The highest BCUT2D eigenvalue weighted by molar-refractivity contribution is 6.39. The Bertz CT molecular complexity index is 264. The van der Waals surface area contributed by atoms with Gasteiger partial charge in [0.2, 0.25) is 0 Å². The van der Waals surface area contributed by atoms with E-state index >= 15 is 0 Å². The zero-order chi connectivity index (χ0) is 7.23. The molecule has 1 aromatic heterocycles. The fraction of sp³-hybridized carbons (Fsp3) is 0. The van der Waals surface area contributed by atoms with Crippen LogP contribution in [0.1, 0.15) is 0 Å². The number of hydrogen-bond donors (Lipinski definition) is 0. The molecule has 1 aromatic rings. The Balaban J connectivity index is 2.57. The lowest BCUT2D eigenvalue weighted by atomic mass is 9.96. The fourth-order valence-electron chi connectivity index (χ4n) is 0.541. The minimum atomic E-state index is 1.67. The van der Waals surface area contributed by atoms with Gasteiger partial charge < -0.3 is 4.59 Å². The smallest absolute Gasteiger partial charge is 0.0442 e. The number of rotatable bonds is 2. The normalized spacial score (nSPS) is 8.00. The maximum Gasteiger partial charge on any atom is 0.0442 e. The molecule has 0 atom stereocenters. The van der Waals surface area contributed by atoms with E-state index in [1.54, 1.807) is 24.2 Å². The molecule has 1 rings (SSSR count). The first kappa shape index (κ1) is 6.69. The first-order chi connectivity index (χ1) is 4.93. The van der Waals surface area contributed by atoms with Crippen molar-refractivity contribution in [2.75, 3.05) is 0 Å². The van der Waals surface area contributed by atoms with E-state index < -0.39 is 0 Å². The van der Waals surface area contributed by atoms with Crippen molar-refractivity contribution < 1.29 is 0 Å². The van der Waals surface area contributed by atoms with Gasteiger partial charge in [0.05, 0.1) is 0 Å². The van der Waals surface area contributed by atoms with E-state index in [1.807, 2.05) is 12.3 Å². The minimum absolute atomic E-state index is 1.67. The summed E-state index contributed by atoms with van der Waals surface area (Å²) in [6, 6.07) is 1.85. The third-order valence-corrected chi connectivity index (χ3v) is 0.938. The fourth-order valence-corrected chi connectivity index (χ4v) is 0.541. The van der Waals surface area contributed by atoms with Crippen molar-refractivity contribution in [1.29, 1.82) is 0 Å². The van der Waals surface area contributed by atoms with Crippen LogP contribution in [0.4, 0.5) is 0 Å². The molecule has 0 saturated heterocycles. The van der Waals surface area contributed by atoms with E-state index in [0.29, 0.717) is 0 Å². The zero-order valence-electron chi connectivity index (χ0n) is 5.49. The Morgan fingerprint density at radius 2 is 2.60 bits per heavy atom. The predicted octanol–water partition coefficient (Wildman–Crippen LogP) is 0.804. The third-order valence-electron chi connectivity index (χ3n) is 0.938. The summed E-state index contributed by atoms with van der Waals surface area (Å²) in [7, 11) is 1.76. The van der Waals surface area contributed by atoms with Gasteiger partial charge in [0, 0.05) is 6.20 Å². The molecule has 2 nitrogen and oxygen atoms in total. The SMILES string of the molecule is C=C=C=C[B-]n1cccn1. The monoisotopic (exact) mass is 129 g/mol. The molecule has 48 valence electrons. The summed E-state index contributed by atoms with van der Waals surface area (Å²) in [4.78, 5) is 0. The average Bonchev–Trinajstić information content (AvgIpc) is 2.41. The van der Waals surface area contributed by atoms with Crippen molar-refractivity contribution in [3.8, 4) is 0 Å². The lowest BCUT2D eigenvalue weighted by Crippen LogP contribution is -2.02. The lowest BCUT2D eigenvalue weighted by molar-refractivity contribution is 0.981. The van der Waals surface area contributed by atoms with Crippen LogP contribution in [0.3, 0.4) is 0 Å². The molecule has 0 amide bonds. The lowest BCUT2D eigenvalue weighted by Gasteiger charge is -2.07. The topological polar surface area (TPSA) is 17.8 Å². The number of hydrogen-bond acceptors (Lipinski definition) is 1. The Morgan fingerprint density at radius 1 is 1.70 bits per heavy atom. The Hall–Kier alpha value is -1.43. The van der Waals surface area contributed by atoms with Gasteiger partial charge in [-0.2, -0.15) is 0 Å². The van der Waals surface area contributed by atoms with Gasteiger partial charge in [0.1, 0.15) is 0 Å². The van der Waals surface area contributed by atoms with Gasteiger partial charge in [0.15, 0.2) is 0 Å². The van der Waals surface area contributed by atoms with Gasteiger partial charge in [-0.05, 0) is 18.8 Å². The molecule has 0 aliphatic heterocycles. The largest absolute Gasteiger partial charge is 0.511 e. The van der Waals surface area contributed by atoms with Crippen LogP contribution < -0.4 is 0 Å². The van der Waals surface area contributed by atoms with Crippen LogP contribution in [-0.2, 0) is 0 Å². The summed E-state index contributed by atoms with van der Waals surface area (Å²) in [5.41, 5.74) is 5.19. The summed E-state index contributed by atoms with van der Waals surface area (Å²) >= 11 is 0. The second-order valence-corrected chi connectivity index (χ2v) is 1.62. The minimum Gasteiger partial charge on any atom is -0.511 e. The molecule has 0 bridgehead atoms. The van der Waals surface area contributed by atoms with E-state index in [-0.39, 0.29) is 0 Å². The van der Waals surface area contributed by atoms with E-state index in [9.17, 15) is 0 Å². The maximum absolute atomic E-state index is 3.93. The number of nitrogens with zero attached hydrogens (tertiary/aromatic N) is 2. The molecule has 0 unspecified atom stereocenters. The molecule has 0 fully saturated rings. The molecule has 0 aromatic carbocycles. The van der Waals surface area contributed by atoms with Crippen LogP contribution in [0.5, 0.6) is 0 Å². The van der Waals surface area contributed by atoms with E-state index in [0.717, 1.165) is 0 Å². The van der Waals surface area contributed by atoms with Crippen LogP contribution >= 0.6 is 0 Å². The highest BCUT2D eigenvalue weighted by Crippen LogP contribution is 1.78. The van der Waals surface area contributed by atoms with Crippen LogP contribution in [0.2, 0.25) is 0 Å². The molecule has 0 N–H and O–H groups in total. The maximum atomic E-state index is 3.93. The molecule has 1 heterocycles. The van der Waals surface area contributed by atoms with Gasteiger partial charge in [-0.3, -0.25) is 0 Å². The van der Waals surface area contributed by atoms with Crippen LogP contribution in [0, 0.1) is 0 Å². The average molecular weight is 129 g/mol. The molecule has 0 aliphatic rings. The van der Waals surface area contributed by atoms with Crippen LogP contribution in [0.15, 0.2) is 42.5 Å². The first-order valence-corrected chi connectivity index (χ1v) is 2.87. The summed E-state index contributed by atoms with van der Waals surface area (Å²) < 4.78 is 1.67. The summed E-state index contributed by atoms with van der Waals surface area (Å²) in [6.45, 7) is 3.36. The van der Waals surface area contributed by atoms with Crippen molar-refractivity contribution in [2.45, 2.75) is 0 Å². The van der Waals surface area contributed by atoms with E-state index in [1.165, 1.54) is 0 Å². The summed E-state index contributed by atoms with van der Waals surface area (Å²) in [5, 5.41) is 3.93. The molecule has 0 spiro atoms. The third kappa shape index (κ3) is 1.83. The van der Waals surface area contributed by atoms with Gasteiger partial charge in [-0.25, -0.2) is 11.1 Å². The number of aromatic nitrogens is 2. The van der Waals surface area contributed by atoms with E-state index in [2.05, 4.69) is 23.1 Å². The zero-order valence-corrected chi connectivity index (χ0v) is 5.49. The van der Waals surface area contributed by atoms with Gasteiger partial charge >= 0.3 is 0 Å². The van der Waals surface area contributed by atoms with Crippen LogP contribution in [0.25, 0.3) is 0 Å². The van der Waals surface area contributed by atoms with Gasteiger partial charge in [-0.1, -0.05) is 5.73 Å². The van der Waals surface area contributed by atoms with Gasteiger partial charge in [0.25, 0.3) is 0 Å². The second-order valence-electron chi connectivity index (χ2n) is 1.62. The first-order valence-electron chi connectivity index (χ1n) is 2.87.